The van der Waals surface area contributed by atoms with E-state index >= 15 is 0 Å². The minimum absolute atomic E-state index is 0.276. The first-order valence-corrected chi connectivity index (χ1v) is 10.3. The van der Waals surface area contributed by atoms with Gasteiger partial charge in [0.25, 0.3) is 5.91 Å². The Hall–Kier alpha value is -3.90. The number of halogens is 1. The lowest BCUT2D eigenvalue weighted by Crippen LogP contribution is -2.16. The summed E-state index contributed by atoms with van der Waals surface area (Å²) in [5.74, 6) is 0.746. The Morgan fingerprint density at radius 3 is 2.34 bits per heavy atom. The van der Waals surface area contributed by atoms with E-state index < -0.39 is 0 Å². The molecule has 4 rings (SSSR count). The van der Waals surface area contributed by atoms with Gasteiger partial charge in [-0.05, 0) is 41.8 Å². The number of nitrogens with one attached hydrogen (secondary N) is 3. The van der Waals surface area contributed by atoms with Gasteiger partial charge in [-0.15, -0.1) is 0 Å². The van der Waals surface area contributed by atoms with Gasteiger partial charge in [-0.25, -0.2) is 0 Å². The summed E-state index contributed by atoms with van der Waals surface area (Å²) >= 11 is 6.15. The third kappa shape index (κ3) is 4.40. The van der Waals surface area contributed by atoms with Crippen LogP contribution in [0.15, 0.2) is 78.9 Å². The highest BCUT2D eigenvalue weighted by Crippen LogP contribution is 2.38. The van der Waals surface area contributed by atoms with Crippen molar-refractivity contribution in [2.45, 2.75) is 0 Å². The van der Waals surface area contributed by atoms with E-state index in [1.165, 1.54) is 7.11 Å². The first-order chi connectivity index (χ1) is 15.6. The van der Waals surface area contributed by atoms with Crippen molar-refractivity contribution in [2.75, 3.05) is 30.4 Å². The van der Waals surface area contributed by atoms with Crippen LogP contribution in [-0.2, 0) is 0 Å². The molecule has 4 aromatic carbocycles. The van der Waals surface area contributed by atoms with Crippen molar-refractivity contribution in [2.24, 2.45) is 0 Å². The van der Waals surface area contributed by atoms with E-state index in [4.69, 9.17) is 21.1 Å². The van der Waals surface area contributed by atoms with Crippen molar-refractivity contribution >= 4 is 45.3 Å². The van der Waals surface area contributed by atoms with Gasteiger partial charge in [0, 0.05) is 16.1 Å². The van der Waals surface area contributed by atoms with Gasteiger partial charge < -0.3 is 14.8 Å². The molecule has 0 aromatic heterocycles. The van der Waals surface area contributed by atoms with Gasteiger partial charge in [-0.1, -0.05) is 54.1 Å². The van der Waals surface area contributed by atoms with Crippen molar-refractivity contribution < 1.29 is 14.3 Å². The third-order valence-electron chi connectivity index (χ3n) is 4.97. The number of para-hydroxylation sites is 1. The number of methoxy groups -OCH3 is 2. The van der Waals surface area contributed by atoms with E-state index in [0.717, 1.165) is 10.8 Å². The molecule has 32 heavy (non-hydrogen) atoms. The molecular formula is C25H22ClN3O3. The molecule has 6 nitrogen and oxygen atoms in total. The normalized spacial score (nSPS) is 10.5. The van der Waals surface area contributed by atoms with Crippen LogP contribution < -0.4 is 25.6 Å². The highest BCUT2D eigenvalue weighted by molar-refractivity contribution is 6.31. The summed E-state index contributed by atoms with van der Waals surface area (Å²) in [6, 6.07) is 24.1. The molecule has 0 saturated heterocycles. The summed E-state index contributed by atoms with van der Waals surface area (Å²) in [5, 5.41) is 5.24. The molecule has 0 fully saturated rings. The molecule has 1 amide bonds. The molecule has 0 aliphatic carbocycles. The highest BCUT2D eigenvalue weighted by Gasteiger charge is 2.20. The van der Waals surface area contributed by atoms with Gasteiger partial charge in [0.05, 0.1) is 25.5 Å². The topological polar surface area (TPSA) is 71.6 Å². The summed E-state index contributed by atoms with van der Waals surface area (Å²) in [4.78, 5) is 13.1. The lowest BCUT2D eigenvalue weighted by Gasteiger charge is -2.20. The van der Waals surface area contributed by atoms with E-state index in [1.807, 2.05) is 60.7 Å². The number of benzene rings is 4. The summed E-state index contributed by atoms with van der Waals surface area (Å²) in [6.07, 6.45) is 0. The molecule has 0 radical (unpaired) electrons. The molecular weight excluding hydrogens is 426 g/mol. The SMILES string of the molecule is COc1ccc(Cl)cc1NNc1c(OC)c(C(=O)Nc2ccccc2)cc2ccccc12. The zero-order valence-corrected chi connectivity index (χ0v) is 18.4. The lowest BCUT2D eigenvalue weighted by molar-refractivity contribution is 0.102. The van der Waals surface area contributed by atoms with Crippen molar-refractivity contribution in [3.05, 3.63) is 89.4 Å². The van der Waals surface area contributed by atoms with Gasteiger partial charge >= 0.3 is 0 Å². The number of hydrogen-bond acceptors (Lipinski definition) is 5. The Balaban J connectivity index is 1.75. The van der Waals surface area contributed by atoms with E-state index in [2.05, 4.69) is 16.2 Å². The molecule has 0 aliphatic rings. The monoisotopic (exact) mass is 447 g/mol. The molecule has 0 aliphatic heterocycles. The lowest BCUT2D eigenvalue weighted by atomic mass is 10.0. The van der Waals surface area contributed by atoms with Gasteiger partial charge in [-0.2, -0.15) is 0 Å². The van der Waals surface area contributed by atoms with Gasteiger partial charge in [0.2, 0.25) is 0 Å². The molecule has 4 aromatic rings. The Morgan fingerprint density at radius 2 is 1.59 bits per heavy atom. The number of carbonyl (C=O) groups excluding carboxylic acids is 1. The molecule has 0 saturated carbocycles. The van der Waals surface area contributed by atoms with Gasteiger partial charge in [-0.3, -0.25) is 15.6 Å². The fourth-order valence-corrected chi connectivity index (χ4v) is 3.63. The van der Waals surface area contributed by atoms with Crippen LogP contribution >= 0.6 is 11.6 Å². The number of rotatable bonds is 7. The van der Waals surface area contributed by atoms with Crippen LogP contribution in [0.5, 0.6) is 11.5 Å². The second-order valence-electron chi connectivity index (χ2n) is 6.97. The largest absolute Gasteiger partial charge is 0.495 e. The Kier molecular flexibility index (Phi) is 6.33. The first kappa shape index (κ1) is 21.3. The van der Waals surface area contributed by atoms with Crippen LogP contribution in [0.1, 0.15) is 10.4 Å². The first-order valence-electron chi connectivity index (χ1n) is 9.92. The number of anilines is 3. The maximum atomic E-state index is 13.1. The van der Waals surface area contributed by atoms with Crippen LogP contribution in [0, 0.1) is 0 Å². The van der Waals surface area contributed by atoms with Gasteiger partial charge in [0.1, 0.15) is 11.4 Å². The number of amides is 1. The fourth-order valence-electron chi connectivity index (χ4n) is 3.46. The summed E-state index contributed by atoms with van der Waals surface area (Å²) in [7, 11) is 3.12. The highest BCUT2D eigenvalue weighted by atomic mass is 35.5. The second-order valence-corrected chi connectivity index (χ2v) is 7.40. The minimum atomic E-state index is -0.276. The average Bonchev–Trinajstić information content (AvgIpc) is 2.82. The number of hydrazine groups is 1. The van der Waals surface area contributed by atoms with E-state index in [9.17, 15) is 4.79 Å². The van der Waals surface area contributed by atoms with Crippen LogP contribution in [0.3, 0.4) is 0 Å². The number of fused-ring (bicyclic) bond motifs is 1. The maximum absolute atomic E-state index is 13.1. The zero-order valence-electron chi connectivity index (χ0n) is 17.6. The van der Waals surface area contributed by atoms with Crippen molar-refractivity contribution in [3.8, 4) is 11.5 Å². The smallest absolute Gasteiger partial charge is 0.259 e. The van der Waals surface area contributed by atoms with Crippen LogP contribution in [0.25, 0.3) is 10.8 Å². The zero-order chi connectivity index (χ0) is 22.5. The maximum Gasteiger partial charge on any atom is 0.259 e. The predicted octanol–water partition coefficient (Wildman–Crippen LogP) is 6.20. The third-order valence-corrected chi connectivity index (χ3v) is 5.20. The molecule has 3 N–H and O–H groups in total. The summed E-state index contributed by atoms with van der Waals surface area (Å²) < 4.78 is 11.1. The van der Waals surface area contributed by atoms with Crippen molar-refractivity contribution in [1.82, 2.24) is 0 Å². The quantitative estimate of drug-likeness (QED) is 0.294. The number of ether oxygens (including phenoxy) is 2. The van der Waals surface area contributed by atoms with Crippen LogP contribution in [-0.4, -0.2) is 20.1 Å². The van der Waals surface area contributed by atoms with E-state index in [1.54, 1.807) is 25.3 Å². The Morgan fingerprint density at radius 1 is 0.844 bits per heavy atom. The minimum Gasteiger partial charge on any atom is -0.495 e. The van der Waals surface area contributed by atoms with Gasteiger partial charge in [0.15, 0.2) is 5.75 Å². The molecule has 0 unspecified atom stereocenters. The number of carbonyl (C=O) groups is 1. The van der Waals surface area contributed by atoms with Crippen molar-refractivity contribution in [3.63, 3.8) is 0 Å². The molecule has 0 atom stereocenters. The Labute approximate surface area is 191 Å². The molecule has 7 heteroatoms. The molecule has 0 bridgehead atoms. The van der Waals surface area contributed by atoms with E-state index in [0.29, 0.717) is 39.1 Å². The van der Waals surface area contributed by atoms with Crippen LogP contribution in [0.4, 0.5) is 17.1 Å². The number of hydrogen-bond donors (Lipinski definition) is 3. The van der Waals surface area contributed by atoms with Crippen LogP contribution in [0.2, 0.25) is 5.02 Å². The fraction of sp³-hybridized carbons (Fsp3) is 0.0800. The second kappa shape index (κ2) is 9.49. The molecule has 162 valence electrons. The summed E-state index contributed by atoms with van der Waals surface area (Å²) in [5.41, 5.74) is 8.68. The summed E-state index contributed by atoms with van der Waals surface area (Å²) in [6.45, 7) is 0. The Bertz CT molecular complexity index is 1260. The predicted molar refractivity (Wildman–Crippen MR) is 130 cm³/mol. The molecule has 0 heterocycles. The average molecular weight is 448 g/mol. The van der Waals surface area contributed by atoms with Crippen molar-refractivity contribution in [1.29, 1.82) is 0 Å². The standard InChI is InChI=1S/C25H22ClN3O3/c1-31-22-13-12-17(26)15-21(22)28-29-23-19-11-7-6-8-16(19)14-20(24(23)32-2)25(30)27-18-9-4-3-5-10-18/h3-15,28-29H,1-2H3,(H,27,30). The molecule has 0 spiro atoms. The van der Waals surface area contributed by atoms with E-state index in [-0.39, 0.29) is 5.91 Å².